The lowest BCUT2D eigenvalue weighted by Gasteiger charge is -2.23. The number of ether oxygens (including phenoxy) is 1. The van der Waals surface area contributed by atoms with Gasteiger partial charge in [-0.05, 0) is 43.7 Å². The Kier molecular flexibility index (Phi) is 5.48. The van der Waals surface area contributed by atoms with Gasteiger partial charge in [0.25, 0.3) is 0 Å². The second-order valence-electron chi connectivity index (χ2n) is 5.77. The lowest BCUT2D eigenvalue weighted by Crippen LogP contribution is -2.44. The van der Waals surface area contributed by atoms with Crippen LogP contribution in [0.15, 0.2) is 47.1 Å². The van der Waals surface area contributed by atoms with E-state index in [9.17, 15) is 9.18 Å². The van der Waals surface area contributed by atoms with E-state index in [4.69, 9.17) is 9.15 Å². The van der Waals surface area contributed by atoms with E-state index >= 15 is 0 Å². The van der Waals surface area contributed by atoms with Crippen LogP contribution in [-0.4, -0.2) is 36.5 Å². The predicted molar refractivity (Wildman–Crippen MR) is 87.0 cm³/mol. The summed E-state index contributed by atoms with van der Waals surface area (Å²) in [7, 11) is 0. The molecule has 24 heavy (non-hydrogen) atoms. The second kappa shape index (κ2) is 7.97. The number of carbonyl (C=O) groups excluding carboxylic acids is 1. The molecule has 1 atom stereocenters. The maximum absolute atomic E-state index is 13.5. The standard InChI is InChI=1S/C18H21FN2O3/c19-15-6-1-2-8-17(15)24-12-10-21-9-3-7-16(21)18(22)20-13-14-5-4-11-23-14/h1-2,4-6,8,11,16H,3,7,9-10,12-13H2,(H,20,22). The molecule has 1 fully saturated rings. The topological polar surface area (TPSA) is 54.7 Å². The number of carbonyl (C=O) groups is 1. The lowest BCUT2D eigenvalue weighted by atomic mass is 10.2. The van der Waals surface area contributed by atoms with Crippen molar-refractivity contribution in [1.82, 2.24) is 10.2 Å². The molecule has 0 bridgehead atoms. The van der Waals surface area contributed by atoms with Gasteiger partial charge in [0.2, 0.25) is 5.91 Å². The molecule has 5 nitrogen and oxygen atoms in total. The van der Waals surface area contributed by atoms with Crippen molar-refractivity contribution in [2.24, 2.45) is 0 Å². The molecule has 1 aromatic carbocycles. The summed E-state index contributed by atoms with van der Waals surface area (Å²) < 4.78 is 24.2. The van der Waals surface area contributed by atoms with Gasteiger partial charge in [0.15, 0.2) is 11.6 Å². The van der Waals surface area contributed by atoms with Crippen LogP contribution in [0.3, 0.4) is 0 Å². The van der Waals surface area contributed by atoms with Crippen molar-refractivity contribution in [2.75, 3.05) is 19.7 Å². The van der Waals surface area contributed by atoms with E-state index in [1.165, 1.54) is 6.07 Å². The van der Waals surface area contributed by atoms with Crippen molar-refractivity contribution in [2.45, 2.75) is 25.4 Å². The Hall–Kier alpha value is -2.34. The first kappa shape index (κ1) is 16.5. The summed E-state index contributed by atoms with van der Waals surface area (Å²) in [4.78, 5) is 14.4. The van der Waals surface area contributed by atoms with Crippen molar-refractivity contribution in [3.8, 4) is 5.75 Å². The highest BCUT2D eigenvalue weighted by atomic mass is 19.1. The first-order chi connectivity index (χ1) is 11.7. The summed E-state index contributed by atoms with van der Waals surface area (Å²) in [5, 5.41) is 2.90. The Balaban J connectivity index is 1.46. The fourth-order valence-electron chi connectivity index (χ4n) is 2.93. The van der Waals surface area contributed by atoms with E-state index in [1.54, 1.807) is 30.5 Å². The fraction of sp³-hybridized carbons (Fsp3) is 0.389. The third-order valence-electron chi connectivity index (χ3n) is 4.16. The first-order valence-corrected chi connectivity index (χ1v) is 8.15. The Bertz CT molecular complexity index is 660. The first-order valence-electron chi connectivity index (χ1n) is 8.15. The molecule has 1 aliphatic heterocycles. The molecule has 2 heterocycles. The number of rotatable bonds is 7. The Morgan fingerprint density at radius 1 is 1.33 bits per heavy atom. The molecule has 128 valence electrons. The van der Waals surface area contributed by atoms with Gasteiger partial charge in [-0.15, -0.1) is 0 Å². The zero-order valence-corrected chi connectivity index (χ0v) is 13.4. The van der Waals surface area contributed by atoms with Crippen LogP contribution in [0, 0.1) is 5.82 Å². The molecule has 2 aromatic rings. The number of nitrogens with zero attached hydrogens (tertiary/aromatic N) is 1. The minimum atomic E-state index is -0.369. The molecule has 6 heteroatoms. The normalized spacial score (nSPS) is 17.8. The minimum Gasteiger partial charge on any atom is -0.489 e. The fourth-order valence-corrected chi connectivity index (χ4v) is 2.93. The highest BCUT2D eigenvalue weighted by Crippen LogP contribution is 2.19. The number of likely N-dealkylation sites (tertiary alicyclic amines) is 1. The van der Waals surface area contributed by atoms with Gasteiger partial charge in [-0.3, -0.25) is 9.69 Å². The summed E-state index contributed by atoms with van der Waals surface area (Å²) in [5.41, 5.74) is 0. The highest BCUT2D eigenvalue weighted by Gasteiger charge is 2.30. The van der Waals surface area contributed by atoms with Crippen molar-refractivity contribution < 1.29 is 18.3 Å². The summed E-state index contributed by atoms with van der Waals surface area (Å²) >= 11 is 0. The number of nitrogens with one attached hydrogen (secondary N) is 1. The smallest absolute Gasteiger partial charge is 0.237 e. The van der Waals surface area contributed by atoms with E-state index in [0.717, 1.165) is 25.1 Å². The van der Waals surface area contributed by atoms with Crippen LogP contribution < -0.4 is 10.1 Å². The average molecular weight is 332 g/mol. The van der Waals surface area contributed by atoms with Crippen LogP contribution in [0.2, 0.25) is 0 Å². The van der Waals surface area contributed by atoms with Crippen LogP contribution >= 0.6 is 0 Å². The molecule has 0 aliphatic carbocycles. The van der Waals surface area contributed by atoms with Gasteiger partial charge in [-0.1, -0.05) is 12.1 Å². The van der Waals surface area contributed by atoms with Crippen molar-refractivity contribution in [1.29, 1.82) is 0 Å². The number of halogens is 1. The zero-order valence-electron chi connectivity index (χ0n) is 13.4. The predicted octanol–water partition coefficient (Wildman–Crippen LogP) is 2.58. The van der Waals surface area contributed by atoms with Crippen LogP contribution in [0.25, 0.3) is 0 Å². The van der Waals surface area contributed by atoms with Gasteiger partial charge in [0, 0.05) is 6.54 Å². The van der Waals surface area contributed by atoms with E-state index in [0.29, 0.717) is 19.7 Å². The number of hydrogen-bond donors (Lipinski definition) is 1. The molecule has 3 rings (SSSR count). The summed E-state index contributed by atoms with van der Waals surface area (Å²) in [5.74, 6) is 0.604. The Morgan fingerprint density at radius 3 is 3.00 bits per heavy atom. The number of benzene rings is 1. The van der Waals surface area contributed by atoms with Gasteiger partial charge in [-0.2, -0.15) is 0 Å². The third kappa shape index (κ3) is 4.14. The van der Waals surface area contributed by atoms with Gasteiger partial charge >= 0.3 is 0 Å². The van der Waals surface area contributed by atoms with Crippen LogP contribution in [0.4, 0.5) is 4.39 Å². The Morgan fingerprint density at radius 2 is 2.21 bits per heavy atom. The third-order valence-corrected chi connectivity index (χ3v) is 4.16. The quantitative estimate of drug-likeness (QED) is 0.847. The molecule has 1 saturated heterocycles. The number of furan rings is 1. The van der Waals surface area contributed by atoms with Crippen molar-refractivity contribution in [3.05, 3.63) is 54.2 Å². The molecule has 1 amide bonds. The number of hydrogen-bond acceptors (Lipinski definition) is 4. The Labute approximate surface area is 140 Å². The monoisotopic (exact) mass is 332 g/mol. The van der Waals surface area contributed by atoms with Gasteiger partial charge in [0.1, 0.15) is 12.4 Å². The molecular formula is C18H21FN2O3. The molecule has 1 aromatic heterocycles. The minimum absolute atomic E-state index is 0.00482. The van der Waals surface area contributed by atoms with E-state index in [2.05, 4.69) is 10.2 Å². The molecule has 0 spiro atoms. The van der Waals surface area contributed by atoms with Gasteiger partial charge in [-0.25, -0.2) is 4.39 Å². The van der Waals surface area contributed by atoms with Crippen LogP contribution in [0.5, 0.6) is 5.75 Å². The zero-order chi connectivity index (χ0) is 16.8. The van der Waals surface area contributed by atoms with E-state index in [1.807, 2.05) is 6.07 Å². The SMILES string of the molecule is O=C(NCc1ccco1)C1CCCN1CCOc1ccccc1F. The average Bonchev–Trinajstić information content (AvgIpc) is 3.26. The largest absolute Gasteiger partial charge is 0.489 e. The van der Waals surface area contributed by atoms with Crippen molar-refractivity contribution in [3.63, 3.8) is 0 Å². The summed E-state index contributed by atoms with van der Waals surface area (Å²) in [6.07, 6.45) is 3.38. The molecule has 1 aliphatic rings. The van der Waals surface area contributed by atoms with Gasteiger partial charge < -0.3 is 14.5 Å². The maximum Gasteiger partial charge on any atom is 0.237 e. The molecule has 1 N–H and O–H groups in total. The van der Waals surface area contributed by atoms with E-state index < -0.39 is 0 Å². The second-order valence-corrected chi connectivity index (χ2v) is 5.77. The lowest BCUT2D eigenvalue weighted by molar-refractivity contribution is -0.125. The van der Waals surface area contributed by atoms with E-state index in [-0.39, 0.29) is 23.5 Å². The maximum atomic E-state index is 13.5. The molecule has 0 saturated carbocycles. The molecule has 0 radical (unpaired) electrons. The highest BCUT2D eigenvalue weighted by molar-refractivity contribution is 5.81. The molecular weight excluding hydrogens is 311 g/mol. The summed E-state index contributed by atoms with van der Waals surface area (Å²) in [6.45, 7) is 2.18. The van der Waals surface area contributed by atoms with Gasteiger partial charge in [0.05, 0.1) is 18.8 Å². The van der Waals surface area contributed by atoms with Crippen molar-refractivity contribution >= 4 is 5.91 Å². The van der Waals surface area contributed by atoms with Crippen LogP contribution in [-0.2, 0) is 11.3 Å². The number of amides is 1. The summed E-state index contributed by atoms with van der Waals surface area (Å²) in [6, 6.07) is 9.80. The molecule has 1 unspecified atom stereocenters. The number of para-hydroxylation sites is 1. The van der Waals surface area contributed by atoms with Crippen LogP contribution in [0.1, 0.15) is 18.6 Å².